The molecule has 1 N–H and O–H groups in total. The fourth-order valence-corrected chi connectivity index (χ4v) is 1.36. The van der Waals surface area contributed by atoms with Gasteiger partial charge in [-0.2, -0.15) is 0 Å². The summed E-state index contributed by atoms with van der Waals surface area (Å²) in [5.41, 5.74) is 0. The van der Waals surface area contributed by atoms with E-state index in [4.69, 9.17) is 4.42 Å². The summed E-state index contributed by atoms with van der Waals surface area (Å²) in [6, 6.07) is 3.73. The molecular formula is C12H20N2O2. The van der Waals surface area contributed by atoms with Crippen LogP contribution < -0.4 is 5.32 Å². The molecule has 1 aromatic rings. The van der Waals surface area contributed by atoms with Crippen LogP contribution in [0, 0.1) is 0 Å². The monoisotopic (exact) mass is 224 g/mol. The van der Waals surface area contributed by atoms with Gasteiger partial charge in [-0.25, -0.2) is 0 Å². The summed E-state index contributed by atoms with van der Waals surface area (Å²) in [6.07, 6.45) is 3.80. The maximum absolute atomic E-state index is 11.6. The Morgan fingerprint density at radius 3 is 3.00 bits per heavy atom. The van der Waals surface area contributed by atoms with E-state index in [9.17, 15) is 4.79 Å². The molecule has 0 aliphatic rings. The number of nitrogens with zero attached hydrogens (tertiary/aromatic N) is 1. The molecule has 1 heterocycles. The molecule has 4 heteroatoms. The predicted molar refractivity (Wildman–Crippen MR) is 63.0 cm³/mol. The highest BCUT2D eigenvalue weighted by atomic mass is 16.3. The zero-order chi connectivity index (χ0) is 11.8. The number of nitrogens with one attached hydrogen (secondary N) is 1. The number of unbranched alkanes of at least 4 members (excludes halogenated alkanes) is 1. The standard InChI is InChI=1S/C12H20N2O2/c1-3-4-7-14(2)12(15)10-13-9-11-6-5-8-16-11/h5-6,8,13H,3-4,7,9-10H2,1-2H3. The van der Waals surface area contributed by atoms with Crippen LogP contribution >= 0.6 is 0 Å². The normalized spacial score (nSPS) is 10.4. The van der Waals surface area contributed by atoms with Gasteiger partial charge in [0.1, 0.15) is 5.76 Å². The number of hydrogen-bond acceptors (Lipinski definition) is 3. The molecule has 0 aliphatic heterocycles. The van der Waals surface area contributed by atoms with Gasteiger partial charge in [0.25, 0.3) is 0 Å². The van der Waals surface area contributed by atoms with E-state index in [0.717, 1.165) is 25.1 Å². The summed E-state index contributed by atoms with van der Waals surface area (Å²) in [5.74, 6) is 0.976. The second-order valence-electron chi connectivity index (χ2n) is 3.85. The summed E-state index contributed by atoms with van der Waals surface area (Å²) in [6.45, 7) is 3.91. The highest BCUT2D eigenvalue weighted by Crippen LogP contribution is 1.98. The summed E-state index contributed by atoms with van der Waals surface area (Å²) < 4.78 is 5.15. The number of rotatable bonds is 7. The van der Waals surface area contributed by atoms with Crippen molar-refractivity contribution in [2.45, 2.75) is 26.3 Å². The van der Waals surface area contributed by atoms with Crippen molar-refractivity contribution in [3.05, 3.63) is 24.2 Å². The van der Waals surface area contributed by atoms with E-state index in [-0.39, 0.29) is 5.91 Å². The van der Waals surface area contributed by atoms with Crippen LogP contribution in [0.2, 0.25) is 0 Å². The van der Waals surface area contributed by atoms with Gasteiger partial charge in [-0.1, -0.05) is 13.3 Å². The number of amides is 1. The molecule has 0 saturated heterocycles. The van der Waals surface area contributed by atoms with E-state index in [1.54, 1.807) is 11.2 Å². The van der Waals surface area contributed by atoms with E-state index in [2.05, 4.69) is 12.2 Å². The third-order valence-corrected chi connectivity index (χ3v) is 2.43. The maximum atomic E-state index is 11.6. The molecule has 0 atom stereocenters. The lowest BCUT2D eigenvalue weighted by Crippen LogP contribution is -2.35. The van der Waals surface area contributed by atoms with Gasteiger partial charge in [0.15, 0.2) is 0 Å². The number of likely N-dealkylation sites (N-methyl/N-ethyl adjacent to an activating group) is 1. The second-order valence-corrected chi connectivity index (χ2v) is 3.85. The van der Waals surface area contributed by atoms with Crippen LogP contribution in [0.3, 0.4) is 0 Å². The zero-order valence-corrected chi connectivity index (χ0v) is 10.0. The van der Waals surface area contributed by atoms with E-state index >= 15 is 0 Å². The van der Waals surface area contributed by atoms with Crippen LogP contribution in [0.25, 0.3) is 0 Å². The first-order valence-electron chi connectivity index (χ1n) is 5.71. The first-order chi connectivity index (χ1) is 7.74. The van der Waals surface area contributed by atoms with Gasteiger partial charge in [0.05, 0.1) is 19.4 Å². The SMILES string of the molecule is CCCCN(C)C(=O)CNCc1ccco1. The lowest BCUT2D eigenvalue weighted by atomic mass is 10.3. The van der Waals surface area contributed by atoms with E-state index < -0.39 is 0 Å². The summed E-state index contributed by atoms with van der Waals surface area (Å²) >= 11 is 0. The van der Waals surface area contributed by atoms with Crippen LogP contribution in [0.15, 0.2) is 22.8 Å². The van der Waals surface area contributed by atoms with Crippen LogP contribution in [0.1, 0.15) is 25.5 Å². The molecule has 0 bridgehead atoms. The van der Waals surface area contributed by atoms with Crippen molar-refractivity contribution in [1.82, 2.24) is 10.2 Å². The lowest BCUT2D eigenvalue weighted by molar-refractivity contribution is -0.129. The van der Waals surface area contributed by atoms with Gasteiger partial charge in [-0.15, -0.1) is 0 Å². The smallest absolute Gasteiger partial charge is 0.236 e. The Bertz CT molecular complexity index is 296. The van der Waals surface area contributed by atoms with Crippen LogP contribution in [-0.4, -0.2) is 30.9 Å². The first kappa shape index (κ1) is 12.8. The minimum Gasteiger partial charge on any atom is -0.468 e. The number of carbonyl (C=O) groups excluding carboxylic acids is 1. The molecule has 0 fully saturated rings. The van der Waals surface area contributed by atoms with Gasteiger partial charge in [-0.3, -0.25) is 4.79 Å². The van der Waals surface area contributed by atoms with E-state index in [0.29, 0.717) is 13.1 Å². The topological polar surface area (TPSA) is 45.5 Å². The highest BCUT2D eigenvalue weighted by Gasteiger charge is 2.07. The van der Waals surface area contributed by atoms with Gasteiger partial charge in [0, 0.05) is 13.6 Å². The van der Waals surface area contributed by atoms with Crippen molar-refractivity contribution in [2.24, 2.45) is 0 Å². The van der Waals surface area contributed by atoms with Crippen molar-refractivity contribution in [3.8, 4) is 0 Å². The van der Waals surface area contributed by atoms with Crippen LogP contribution in [-0.2, 0) is 11.3 Å². The molecule has 1 aromatic heterocycles. The predicted octanol–water partition coefficient (Wildman–Crippen LogP) is 1.63. The summed E-state index contributed by atoms with van der Waals surface area (Å²) in [7, 11) is 1.84. The van der Waals surface area contributed by atoms with Crippen molar-refractivity contribution in [3.63, 3.8) is 0 Å². The number of hydrogen-bond donors (Lipinski definition) is 1. The van der Waals surface area contributed by atoms with Gasteiger partial charge in [-0.05, 0) is 18.6 Å². The fourth-order valence-electron chi connectivity index (χ4n) is 1.36. The van der Waals surface area contributed by atoms with Crippen molar-refractivity contribution < 1.29 is 9.21 Å². The quantitative estimate of drug-likeness (QED) is 0.765. The van der Waals surface area contributed by atoms with Crippen molar-refractivity contribution in [2.75, 3.05) is 20.1 Å². The molecule has 1 rings (SSSR count). The molecular weight excluding hydrogens is 204 g/mol. The Labute approximate surface area is 96.6 Å². The Kier molecular flexibility index (Phi) is 5.64. The minimum absolute atomic E-state index is 0.125. The van der Waals surface area contributed by atoms with Gasteiger partial charge in [0.2, 0.25) is 5.91 Å². The Morgan fingerprint density at radius 2 is 2.38 bits per heavy atom. The molecule has 1 amide bonds. The lowest BCUT2D eigenvalue weighted by Gasteiger charge is -2.16. The molecule has 16 heavy (non-hydrogen) atoms. The van der Waals surface area contributed by atoms with E-state index in [1.165, 1.54) is 0 Å². The Balaban J connectivity index is 2.14. The molecule has 0 unspecified atom stereocenters. The molecule has 0 aliphatic carbocycles. The third kappa shape index (κ3) is 4.49. The first-order valence-corrected chi connectivity index (χ1v) is 5.71. The largest absolute Gasteiger partial charge is 0.468 e. The minimum atomic E-state index is 0.125. The third-order valence-electron chi connectivity index (χ3n) is 2.43. The molecule has 90 valence electrons. The summed E-state index contributed by atoms with van der Waals surface area (Å²) in [5, 5.41) is 3.06. The Hall–Kier alpha value is -1.29. The molecule has 0 spiro atoms. The zero-order valence-electron chi connectivity index (χ0n) is 10.0. The van der Waals surface area contributed by atoms with Crippen molar-refractivity contribution >= 4 is 5.91 Å². The average Bonchev–Trinajstić information content (AvgIpc) is 2.78. The van der Waals surface area contributed by atoms with Crippen molar-refractivity contribution in [1.29, 1.82) is 0 Å². The number of carbonyl (C=O) groups is 1. The second kappa shape index (κ2) is 7.06. The number of furan rings is 1. The van der Waals surface area contributed by atoms with E-state index in [1.807, 2.05) is 19.2 Å². The summed E-state index contributed by atoms with van der Waals surface area (Å²) in [4.78, 5) is 13.4. The highest BCUT2D eigenvalue weighted by molar-refractivity contribution is 5.77. The Morgan fingerprint density at radius 1 is 1.56 bits per heavy atom. The molecule has 4 nitrogen and oxygen atoms in total. The van der Waals surface area contributed by atoms with Crippen LogP contribution in [0.5, 0.6) is 0 Å². The average molecular weight is 224 g/mol. The maximum Gasteiger partial charge on any atom is 0.236 e. The molecule has 0 aromatic carbocycles. The molecule has 0 saturated carbocycles. The van der Waals surface area contributed by atoms with Gasteiger partial charge < -0.3 is 14.6 Å². The van der Waals surface area contributed by atoms with Crippen LogP contribution in [0.4, 0.5) is 0 Å². The van der Waals surface area contributed by atoms with Gasteiger partial charge >= 0.3 is 0 Å². The molecule has 0 radical (unpaired) electrons. The fraction of sp³-hybridized carbons (Fsp3) is 0.583.